The van der Waals surface area contributed by atoms with E-state index in [1.54, 1.807) is 12.1 Å². The van der Waals surface area contributed by atoms with E-state index < -0.39 is 0 Å². The minimum atomic E-state index is -0.183. The van der Waals surface area contributed by atoms with Crippen LogP contribution in [0.15, 0.2) is 54.6 Å². The zero-order chi connectivity index (χ0) is 14.4. The Hall–Kier alpha value is -1.45. The van der Waals surface area contributed by atoms with Gasteiger partial charge in [0.05, 0.1) is 16.6 Å². The molecular weight excluding hydrogens is 290 g/mol. The molecule has 0 aromatic heterocycles. The van der Waals surface area contributed by atoms with E-state index in [1.165, 1.54) is 0 Å². The quantitative estimate of drug-likeness (QED) is 0.801. The highest BCUT2D eigenvalue weighted by Crippen LogP contribution is 2.22. The fraction of sp³-hybridized carbons (Fsp3) is 0.188. The fourth-order valence-electron chi connectivity index (χ4n) is 1.94. The standard InChI is InChI=1S/C16H16ClNOS/c17-14-8-4-5-9-15(14)18-16(19)13(11-20)10-12-6-2-1-3-7-12/h1-9,13,20H,10-11H2,(H,18,19). The van der Waals surface area contributed by atoms with Crippen molar-refractivity contribution < 1.29 is 4.79 Å². The number of anilines is 1. The molecule has 0 aliphatic carbocycles. The van der Waals surface area contributed by atoms with E-state index >= 15 is 0 Å². The number of benzene rings is 2. The molecule has 104 valence electrons. The van der Waals surface area contributed by atoms with E-state index in [1.807, 2.05) is 42.5 Å². The van der Waals surface area contributed by atoms with Gasteiger partial charge in [-0.2, -0.15) is 12.6 Å². The molecular formula is C16H16ClNOS. The van der Waals surface area contributed by atoms with Crippen LogP contribution in [0, 0.1) is 5.92 Å². The van der Waals surface area contributed by atoms with Gasteiger partial charge in [0.25, 0.3) is 0 Å². The first-order valence-corrected chi connectivity index (χ1v) is 7.42. The van der Waals surface area contributed by atoms with E-state index in [0.717, 1.165) is 5.56 Å². The zero-order valence-corrected chi connectivity index (χ0v) is 12.6. The first kappa shape index (κ1) is 14.9. The highest BCUT2D eigenvalue weighted by Gasteiger charge is 2.18. The van der Waals surface area contributed by atoms with Crippen molar-refractivity contribution in [1.82, 2.24) is 0 Å². The molecule has 4 heteroatoms. The summed E-state index contributed by atoms with van der Waals surface area (Å²) < 4.78 is 0. The fourth-order valence-corrected chi connectivity index (χ4v) is 2.41. The number of amides is 1. The highest BCUT2D eigenvalue weighted by atomic mass is 35.5. The number of halogens is 1. The average Bonchev–Trinajstić information content (AvgIpc) is 2.48. The van der Waals surface area contributed by atoms with Gasteiger partial charge in [-0.3, -0.25) is 4.79 Å². The van der Waals surface area contributed by atoms with Crippen molar-refractivity contribution in [3.05, 3.63) is 65.2 Å². The topological polar surface area (TPSA) is 29.1 Å². The molecule has 2 aromatic carbocycles. The normalized spacial score (nSPS) is 11.9. The molecule has 0 saturated carbocycles. The third-order valence-corrected chi connectivity index (χ3v) is 3.82. The zero-order valence-electron chi connectivity index (χ0n) is 10.9. The third kappa shape index (κ3) is 4.02. The van der Waals surface area contributed by atoms with Crippen LogP contribution in [0.4, 0.5) is 5.69 Å². The van der Waals surface area contributed by atoms with Gasteiger partial charge in [0.1, 0.15) is 0 Å². The Kier molecular flexibility index (Phi) is 5.50. The number of hydrogen-bond acceptors (Lipinski definition) is 2. The van der Waals surface area contributed by atoms with Crippen LogP contribution >= 0.6 is 24.2 Å². The molecule has 2 rings (SSSR count). The van der Waals surface area contributed by atoms with E-state index in [9.17, 15) is 4.79 Å². The van der Waals surface area contributed by atoms with Crippen molar-refractivity contribution >= 4 is 35.8 Å². The number of nitrogens with one attached hydrogen (secondary N) is 1. The van der Waals surface area contributed by atoms with Gasteiger partial charge in [-0.15, -0.1) is 0 Å². The Labute approximate surface area is 129 Å². The van der Waals surface area contributed by atoms with Crippen molar-refractivity contribution in [1.29, 1.82) is 0 Å². The summed E-state index contributed by atoms with van der Waals surface area (Å²) in [4.78, 5) is 12.3. The molecule has 0 heterocycles. The average molecular weight is 306 g/mol. The Morgan fingerprint density at radius 2 is 1.75 bits per heavy atom. The van der Waals surface area contributed by atoms with Gasteiger partial charge in [0.2, 0.25) is 5.91 Å². The van der Waals surface area contributed by atoms with Crippen molar-refractivity contribution in [2.24, 2.45) is 5.92 Å². The lowest BCUT2D eigenvalue weighted by molar-refractivity contribution is -0.119. The lowest BCUT2D eigenvalue weighted by atomic mass is 10.00. The van der Waals surface area contributed by atoms with Crippen molar-refractivity contribution in [2.75, 3.05) is 11.1 Å². The van der Waals surface area contributed by atoms with Crippen molar-refractivity contribution in [3.8, 4) is 0 Å². The van der Waals surface area contributed by atoms with Crippen LogP contribution < -0.4 is 5.32 Å². The molecule has 2 aromatic rings. The Bertz CT molecular complexity index is 574. The molecule has 0 bridgehead atoms. The molecule has 0 spiro atoms. The monoisotopic (exact) mass is 305 g/mol. The molecule has 0 radical (unpaired) electrons. The molecule has 20 heavy (non-hydrogen) atoms. The second-order valence-electron chi connectivity index (χ2n) is 4.54. The number of thiol groups is 1. The van der Waals surface area contributed by atoms with Crippen LogP contribution in [0.5, 0.6) is 0 Å². The predicted octanol–water partition coefficient (Wildman–Crippen LogP) is 4.07. The van der Waals surface area contributed by atoms with Crippen LogP contribution in [0.1, 0.15) is 5.56 Å². The Morgan fingerprint density at radius 1 is 1.10 bits per heavy atom. The molecule has 1 N–H and O–H groups in total. The molecule has 1 atom stereocenters. The van der Waals surface area contributed by atoms with Crippen LogP contribution in [0.2, 0.25) is 5.02 Å². The van der Waals surface area contributed by atoms with Gasteiger partial charge in [-0.25, -0.2) is 0 Å². The van der Waals surface area contributed by atoms with Gasteiger partial charge in [0.15, 0.2) is 0 Å². The SMILES string of the molecule is O=C(Nc1ccccc1Cl)C(CS)Cc1ccccc1. The molecule has 2 nitrogen and oxygen atoms in total. The second-order valence-corrected chi connectivity index (χ2v) is 5.31. The van der Waals surface area contributed by atoms with Gasteiger partial charge >= 0.3 is 0 Å². The van der Waals surface area contributed by atoms with Gasteiger partial charge < -0.3 is 5.32 Å². The molecule has 0 saturated heterocycles. The smallest absolute Gasteiger partial charge is 0.228 e. The summed E-state index contributed by atoms with van der Waals surface area (Å²) in [5.74, 6) is 0.250. The van der Waals surface area contributed by atoms with E-state index in [2.05, 4.69) is 17.9 Å². The molecule has 1 unspecified atom stereocenters. The summed E-state index contributed by atoms with van der Waals surface area (Å²) in [6.45, 7) is 0. The van der Waals surface area contributed by atoms with Gasteiger partial charge in [0, 0.05) is 5.75 Å². The second kappa shape index (κ2) is 7.36. The summed E-state index contributed by atoms with van der Waals surface area (Å²) >= 11 is 10.3. The Balaban J connectivity index is 2.04. The maximum Gasteiger partial charge on any atom is 0.228 e. The Morgan fingerprint density at radius 3 is 2.40 bits per heavy atom. The predicted molar refractivity (Wildman–Crippen MR) is 87.6 cm³/mol. The van der Waals surface area contributed by atoms with E-state index in [4.69, 9.17) is 11.6 Å². The minimum absolute atomic E-state index is 0.0584. The minimum Gasteiger partial charge on any atom is -0.324 e. The van der Waals surface area contributed by atoms with E-state index in [0.29, 0.717) is 22.9 Å². The van der Waals surface area contributed by atoms with Crippen LogP contribution in [0.3, 0.4) is 0 Å². The largest absolute Gasteiger partial charge is 0.324 e. The summed E-state index contributed by atoms with van der Waals surface area (Å²) in [5, 5.41) is 3.40. The first-order chi connectivity index (χ1) is 9.70. The van der Waals surface area contributed by atoms with Crippen LogP contribution in [-0.4, -0.2) is 11.7 Å². The lowest BCUT2D eigenvalue weighted by Gasteiger charge is -2.15. The number of hydrogen-bond donors (Lipinski definition) is 2. The lowest BCUT2D eigenvalue weighted by Crippen LogP contribution is -2.26. The maximum absolute atomic E-state index is 12.3. The molecule has 0 aliphatic rings. The maximum atomic E-state index is 12.3. The summed E-state index contributed by atoms with van der Waals surface area (Å²) in [6.07, 6.45) is 0.667. The van der Waals surface area contributed by atoms with E-state index in [-0.39, 0.29) is 11.8 Å². The van der Waals surface area contributed by atoms with Crippen LogP contribution in [-0.2, 0) is 11.2 Å². The third-order valence-electron chi connectivity index (χ3n) is 3.05. The number of para-hydroxylation sites is 1. The molecule has 1 amide bonds. The van der Waals surface area contributed by atoms with Gasteiger partial charge in [-0.05, 0) is 24.1 Å². The number of carbonyl (C=O) groups excluding carboxylic acids is 1. The molecule has 0 fully saturated rings. The van der Waals surface area contributed by atoms with Crippen molar-refractivity contribution in [3.63, 3.8) is 0 Å². The van der Waals surface area contributed by atoms with Gasteiger partial charge in [-0.1, -0.05) is 54.1 Å². The van der Waals surface area contributed by atoms with Crippen molar-refractivity contribution in [2.45, 2.75) is 6.42 Å². The number of rotatable bonds is 5. The summed E-state index contributed by atoms with van der Waals surface area (Å²) in [5.41, 5.74) is 1.76. The highest BCUT2D eigenvalue weighted by molar-refractivity contribution is 7.80. The first-order valence-electron chi connectivity index (χ1n) is 6.41. The number of carbonyl (C=O) groups is 1. The molecule has 0 aliphatic heterocycles. The summed E-state index contributed by atoms with van der Waals surface area (Å²) in [6, 6.07) is 17.1. The summed E-state index contributed by atoms with van der Waals surface area (Å²) in [7, 11) is 0. The van der Waals surface area contributed by atoms with Crippen LogP contribution in [0.25, 0.3) is 0 Å².